The third kappa shape index (κ3) is 3.91. The van der Waals surface area contributed by atoms with Gasteiger partial charge in [0.1, 0.15) is 0 Å². The first kappa shape index (κ1) is 20.7. The Kier molecular flexibility index (Phi) is 5.48. The number of nitrogens with zero attached hydrogens (tertiary/aromatic N) is 3. The largest absolute Gasteiger partial charge is 0.334 e. The lowest BCUT2D eigenvalue weighted by molar-refractivity contribution is 0.244. The molecule has 1 aromatic heterocycles. The maximum Gasteiger partial charge on any atom is 0.326 e. The van der Waals surface area contributed by atoms with Crippen LogP contribution in [0.4, 0.5) is 10.5 Å². The highest BCUT2D eigenvalue weighted by molar-refractivity contribution is 6.01. The molecule has 1 aliphatic rings. The molecule has 1 N–H and O–H groups in total. The number of hydrogen-bond acceptors (Lipinski definition) is 4. The summed E-state index contributed by atoms with van der Waals surface area (Å²) in [7, 11) is 0. The van der Waals surface area contributed by atoms with E-state index in [9.17, 15) is 4.79 Å². The first-order valence-electron chi connectivity index (χ1n) is 11.0. The van der Waals surface area contributed by atoms with Crippen LogP contribution in [0.3, 0.4) is 0 Å². The Morgan fingerprint density at radius 1 is 0.970 bits per heavy atom. The number of anilines is 1. The van der Waals surface area contributed by atoms with Crippen molar-refractivity contribution >= 4 is 17.3 Å². The van der Waals surface area contributed by atoms with Gasteiger partial charge in [0.05, 0.1) is 17.3 Å². The van der Waals surface area contributed by atoms with Crippen molar-refractivity contribution in [3.8, 4) is 11.4 Å². The summed E-state index contributed by atoms with van der Waals surface area (Å²) in [5, 5.41) is 7.36. The monoisotopic (exact) mass is 436 g/mol. The van der Waals surface area contributed by atoms with Gasteiger partial charge in [0.15, 0.2) is 0 Å². The summed E-state index contributed by atoms with van der Waals surface area (Å²) >= 11 is 0. The van der Waals surface area contributed by atoms with Gasteiger partial charge in [0, 0.05) is 11.3 Å². The summed E-state index contributed by atoms with van der Waals surface area (Å²) in [6.45, 7) is 4.02. The van der Waals surface area contributed by atoms with Crippen molar-refractivity contribution in [3.63, 3.8) is 0 Å². The fourth-order valence-electron chi connectivity index (χ4n) is 4.18. The second-order valence-corrected chi connectivity index (χ2v) is 7.94. The molecule has 3 aromatic carbocycles. The molecule has 0 saturated heterocycles. The molecule has 1 atom stereocenters. The molecule has 6 heteroatoms. The predicted octanol–water partition coefficient (Wildman–Crippen LogP) is 6.00. The maximum atomic E-state index is 13.3. The average Bonchev–Trinajstić information content (AvgIpc) is 3.35. The molecule has 33 heavy (non-hydrogen) atoms. The third-order valence-corrected chi connectivity index (χ3v) is 5.88. The van der Waals surface area contributed by atoms with Crippen molar-refractivity contribution in [2.75, 3.05) is 4.90 Å². The van der Waals surface area contributed by atoms with Crippen LogP contribution in [0.1, 0.15) is 36.9 Å². The number of rotatable bonds is 5. The van der Waals surface area contributed by atoms with E-state index in [0.717, 1.165) is 40.1 Å². The zero-order chi connectivity index (χ0) is 22.8. The molecule has 0 bridgehead atoms. The van der Waals surface area contributed by atoms with Crippen molar-refractivity contribution in [3.05, 3.63) is 108 Å². The quantitative estimate of drug-likeness (QED) is 0.416. The number of benzene rings is 3. The van der Waals surface area contributed by atoms with E-state index in [1.54, 1.807) is 4.90 Å². The number of aryl methyl sites for hydroxylation is 1. The molecule has 0 aliphatic carbocycles. The van der Waals surface area contributed by atoms with Gasteiger partial charge in [-0.3, -0.25) is 4.90 Å². The van der Waals surface area contributed by atoms with Gasteiger partial charge >= 0.3 is 6.03 Å². The number of urea groups is 1. The Bertz CT molecular complexity index is 1310. The number of amides is 2. The molecule has 1 unspecified atom stereocenters. The van der Waals surface area contributed by atoms with Gasteiger partial charge in [0.2, 0.25) is 5.82 Å². The summed E-state index contributed by atoms with van der Waals surface area (Å²) in [4.78, 5) is 19.7. The molecule has 2 amide bonds. The Balaban J connectivity index is 1.66. The zero-order valence-electron chi connectivity index (χ0n) is 18.5. The van der Waals surface area contributed by atoms with Crippen molar-refractivity contribution in [2.24, 2.45) is 0 Å². The number of hydrogen-bond donors (Lipinski definition) is 1. The van der Waals surface area contributed by atoms with E-state index in [1.165, 1.54) is 0 Å². The smallest absolute Gasteiger partial charge is 0.326 e. The number of allylic oxidation sites excluding steroid dienone is 1. The SMILES string of the molecule is CCc1cccc(N2C(=O)NC(c3ccccc3)C(c3nc(-c4ccccc4)no3)=C2C)c1. The summed E-state index contributed by atoms with van der Waals surface area (Å²) in [6.07, 6.45) is 0.885. The van der Waals surface area contributed by atoms with Crippen LogP contribution >= 0.6 is 0 Å². The third-order valence-electron chi connectivity index (χ3n) is 5.88. The van der Waals surface area contributed by atoms with Gasteiger partial charge in [-0.25, -0.2) is 4.79 Å². The number of carbonyl (C=O) groups excluding carboxylic acids is 1. The Hall–Kier alpha value is -4.19. The lowest BCUT2D eigenvalue weighted by atomic mass is 9.94. The van der Waals surface area contributed by atoms with Crippen LogP contribution < -0.4 is 10.2 Å². The summed E-state index contributed by atoms with van der Waals surface area (Å²) in [5.41, 5.74) is 5.30. The van der Waals surface area contributed by atoms with E-state index in [-0.39, 0.29) is 6.03 Å². The molecule has 6 nitrogen and oxygen atoms in total. The topological polar surface area (TPSA) is 71.3 Å². The molecule has 4 aromatic rings. The van der Waals surface area contributed by atoms with Crippen LogP contribution in [0, 0.1) is 0 Å². The van der Waals surface area contributed by atoms with Gasteiger partial charge in [-0.2, -0.15) is 4.98 Å². The normalized spacial score (nSPS) is 16.1. The maximum absolute atomic E-state index is 13.3. The highest BCUT2D eigenvalue weighted by Gasteiger charge is 2.36. The molecule has 1 aliphatic heterocycles. The minimum atomic E-state index is -0.409. The molecule has 2 heterocycles. The number of nitrogens with one attached hydrogen (secondary N) is 1. The molecule has 0 saturated carbocycles. The number of carbonyl (C=O) groups is 1. The second-order valence-electron chi connectivity index (χ2n) is 7.94. The van der Waals surface area contributed by atoms with Crippen molar-refractivity contribution in [2.45, 2.75) is 26.3 Å². The van der Waals surface area contributed by atoms with Gasteiger partial charge in [-0.15, -0.1) is 0 Å². The summed E-state index contributed by atoms with van der Waals surface area (Å²) < 4.78 is 5.75. The minimum Gasteiger partial charge on any atom is -0.334 e. The van der Waals surface area contributed by atoms with E-state index in [1.807, 2.05) is 85.8 Å². The zero-order valence-corrected chi connectivity index (χ0v) is 18.5. The van der Waals surface area contributed by atoms with Gasteiger partial charge in [-0.1, -0.05) is 84.9 Å². The van der Waals surface area contributed by atoms with E-state index in [0.29, 0.717) is 11.7 Å². The Morgan fingerprint density at radius 3 is 2.42 bits per heavy atom. The molecule has 5 rings (SSSR count). The van der Waals surface area contributed by atoms with E-state index >= 15 is 0 Å². The van der Waals surface area contributed by atoms with Crippen LogP contribution in [0.25, 0.3) is 17.0 Å². The van der Waals surface area contributed by atoms with Gasteiger partial charge in [0.25, 0.3) is 5.89 Å². The molecule has 0 spiro atoms. The first-order chi connectivity index (χ1) is 16.2. The molecular formula is C27H24N4O2. The van der Waals surface area contributed by atoms with Crippen molar-refractivity contribution < 1.29 is 9.32 Å². The van der Waals surface area contributed by atoms with Crippen LogP contribution in [-0.2, 0) is 6.42 Å². The average molecular weight is 437 g/mol. The molecule has 164 valence electrons. The Labute approximate surface area is 192 Å². The molecule has 0 radical (unpaired) electrons. The summed E-state index contributed by atoms with van der Waals surface area (Å²) in [5.74, 6) is 0.894. The first-order valence-corrected chi connectivity index (χ1v) is 11.0. The lowest BCUT2D eigenvalue weighted by Crippen LogP contribution is -2.46. The second kappa shape index (κ2) is 8.74. The fraction of sp³-hybridized carbons (Fsp3) is 0.148. The van der Waals surface area contributed by atoms with Gasteiger partial charge < -0.3 is 9.84 Å². The van der Waals surface area contributed by atoms with E-state index < -0.39 is 6.04 Å². The predicted molar refractivity (Wildman–Crippen MR) is 128 cm³/mol. The van der Waals surface area contributed by atoms with Crippen LogP contribution in [0.5, 0.6) is 0 Å². The van der Waals surface area contributed by atoms with Crippen LogP contribution in [-0.4, -0.2) is 16.2 Å². The van der Waals surface area contributed by atoms with Crippen LogP contribution in [0.2, 0.25) is 0 Å². The fourth-order valence-corrected chi connectivity index (χ4v) is 4.18. The highest BCUT2D eigenvalue weighted by Crippen LogP contribution is 2.39. The standard InChI is InChI=1S/C27H24N4O2/c1-3-19-11-10-16-22(17-19)31-18(2)23(24(28-27(31)32)20-12-6-4-7-13-20)26-29-25(30-33-26)21-14-8-5-9-15-21/h4-17,24H,3H2,1-2H3,(H,28,32). The summed E-state index contributed by atoms with van der Waals surface area (Å²) in [6, 6.07) is 26.9. The van der Waals surface area contributed by atoms with Crippen molar-refractivity contribution in [1.29, 1.82) is 0 Å². The van der Waals surface area contributed by atoms with Gasteiger partial charge in [-0.05, 0) is 36.6 Å². The highest BCUT2D eigenvalue weighted by atomic mass is 16.5. The van der Waals surface area contributed by atoms with Crippen LogP contribution in [0.15, 0.2) is 95.1 Å². The van der Waals surface area contributed by atoms with Crippen molar-refractivity contribution in [1.82, 2.24) is 15.5 Å². The minimum absolute atomic E-state index is 0.193. The van der Waals surface area contributed by atoms with E-state index in [4.69, 9.17) is 9.51 Å². The number of aromatic nitrogens is 2. The molecular weight excluding hydrogens is 412 g/mol. The lowest BCUT2D eigenvalue weighted by Gasteiger charge is -2.35. The van der Waals surface area contributed by atoms with E-state index in [2.05, 4.69) is 23.5 Å². The molecule has 0 fully saturated rings. The Morgan fingerprint density at radius 2 is 1.70 bits per heavy atom.